The summed E-state index contributed by atoms with van der Waals surface area (Å²) in [6, 6.07) is 13.0. The van der Waals surface area contributed by atoms with Gasteiger partial charge in [-0.3, -0.25) is 9.59 Å². The Kier molecular flexibility index (Phi) is 6.33. The summed E-state index contributed by atoms with van der Waals surface area (Å²) in [4.78, 5) is 26.2. The molecule has 3 aromatic rings. The molecule has 1 aliphatic carbocycles. The first-order chi connectivity index (χ1) is 16.2. The molecule has 6 nitrogen and oxygen atoms in total. The van der Waals surface area contributed by atoms with Crippen molar-refractivity contribution < 1.29 is 14.3 Å². The van der Waals surface area contributed by atoms with Crippen LogP contribution in [0.4, 0.5) is 0 Å². The van der Waals surface area contributed by atoms with Gasteiger partial charge in [0.1, 0.15) is 13.2 Å². The summed E-state index contributed by atoms with van der Waals surface area (Å²) in [6.07, 6.45) is 9.22. The van der Waals surface area contributed by atoms with Gasteiger partial charge in [0.2, 0.25) is 0 Å². The number of hydrogen-bond acceptors (Lipinski definition) is 4. The number of carbonyl (C=O) groups excluding carboxylic acids is 1. The number of aromatic nitrogens is 1. The Bertz CT molecular complexity index is 1210. The largest absolute Gasteiger partial charge is 0.486 e. The highest BCUT2D eigenvalue weighted by Gasteiger charge is 2.17. The summed E-state index contributed by atoms with van der Waals surface area (Å²) < 4.78 is 12.9. The molecule has 2 aliphatic rings. The predicted octanol–water partition coefficient (Wildman–Crippen LogP) is 4.52. The van der Waals surface area contributed by atoms with Crippen LogP contribution in [-0.4, -0.2) is 30.2 Å². The first-order valence-electron chi connectivity index (χ1n) is 12.0. The van der Waals surface area contributed by atoms with Crippen molar-refractivity contribution in [2.75, 3.05) is 19.8 Å². The number of nitrogens with one attached hydrogen (secondary N) is 1. The van der Waals surface area contributed by atoms with Gasteiger partial charge in [-0.15, -0.1) is 0 Å². The van der Waals surface area contributed by atoms with Crippen molar-refractivity contribution in [3.05, 3.63) is 70.1 Å². The van der Waals surface area contributed by atoms with Gasteiger partial charge in [-0.1, -0.05) is 37.8 Å². The number of nitrogens with zero attached hydrogens (tertiary/aromatic N) is 1. The molecular weight excluding hydrogens is 416 g/mol. The highest BCUT2D eigenvalue weighted by Crippen LogP contribution is 2.31. The fourth-order valence-corrected chi connectivity index (χ4v) is 4.92. The zero-order valence-electron chi connectivity index (χ0n) is 18.8. The van der Waals surface area contributed by atoms with Gasteiger partial charge in [-0.2, -0.15) is 0 Å². The van der Waals surface area contributed by atoms with Gasteiger partial charge in [0.15, 0.2) is 11.5 Å². The molecule has 33 heavy (non-hydrogen) atoms. The number of hydrogen-bond donors (Lipinski definition) is 1. The number of fused-ring (bicyclic) bond motifs is 2. The molecule has 2 heterocycles. The molecule has 0 radical (unpaired) electrons. The van der Waals surface area contributed by atoms with E-state index in [0.29, 0.717) is 54.3 Å². The maximum atomic E-state index is 13.2. The molecule has 5 rings (SSSR count). The predicted molar refractivity (Wildman–Crippen MR) is 128 cm³/mol. The first-order valence-corrected chi connectivity index (χ1v) is 12.0. The second-order valence-corrected chi connectivity index (χ2v) is 9.06. The summed E-state index contributed by atoms with van der Waals surface area (Å²) >= 11 is 0. The molecule has 1 amide bonds. The van der Waals surface area contributed by atoms with Crippen LogP contribution in [0.1, 0.15) is 54.4 Å². The molecule has 2 aromatic carbocycles. The number of ether oxygens (including phenoxy) is 2. The summed E-state index contributed by atoms with van der Waals surface area (Å²) in [5.74, 6) is 1.89. The minimum absolute atomic E-state index is 0.103. The Morgan fingerprint density at radius 2 is 1.73 bits per heavy atom. The van der Waals surface area contributed by atoms with E-state index in [1.165, 1.54) is 38.5 Å². The normalized spacial score (nSPS) is 16.4. The summed E-state index contributed by atoms with van der Waals surface area (Å²) in [5, 5.41) is 4.36. The van der Waals surface area contributed by atoms with Crippen molar-refractivity contribution in [1.29, 1.82) is 0 Å². The zero-order chi connectivity index (χ0) is 22.6. The topological polar surface area (TPSA) is 69.6 Å². The quantitative estimate of drug-likeness (QED) is 0.585. The Hall–Kier alpha value is -3.28. The Balaban J connectivity index is 1.35. The maximum Gasteiger partial charge on any atom is 0.258 e. The second kappa shape index (κ2) is 9.69. The van der Waals surface area contributed by atoms with E-state index in [9.17, 15) is 9.59 Å². The van der Waals surface area contributed by atoms with Gasteiger partial charge in [-0.05, 0) is 54.7 Å². The van der Waals surface area contributed by atoms with Crippen LogP contribution in [0.2, 0.25) is 0 Å². The van der Waals surface area contributed by atoms with Gasteiger partial charge >= 0.3 is 0 Å². The van der Waals surface area contributed by atoms with Crippen molar-refractivity contribution in [3.8, 4) is 11.5 Å². The molecule has 0 saturated heterocycles. The lowest BCUT2D eigenvalue weighted by atomic mass is 10.00. The van der Waals surface area contributed by atoms with Crippen molar-refractivity contribution in [2.24, 2.45) is 5.92 Å². The summed E-state index contributed by atoms with van der Waals surface area (Å²) in [6.45, 7) is 2.20. The fourth-order valence-electron chi connectivity index (χ4n) is 4.92. The number of carbonyl (C=O) groups is 1. The van der Waals surface area contributed by atoms with Crippen LogP contribution >= 0.6 is 0 Å². The number of amides is 1. The van der Waals surface area contributed by atoms with Crippen LogP contribution in [0.5, 0.6) is 11.5 Å². The number of pyridine rings is 1. The first kappa shape index (κ1) is 21.6. The van der Waals surface area contributed by atoms with E-state index in [2.05, 4.69) is 5.32 Å². The SMILES string of the molecule is O=C(NCC1CCCCCC1)c1cccc2c(=O)n(Cc3ccc4c(c3)OCCO4)ccc12. The van der Waals surface area contributed by atoms with Crippen LogP contribution in [0.15, 0.2) is 53.5 Å². The lowest BCUT2D eigenvalue weighted by Crippen LogP contribution is -2.29. The molecule has 0 spiro atoms. The van der Waals surface area contributed by atoms with Crippen LogP contribution in [-0.2, 0) is 6.54 Å². The van der Waals surface area contributed by atoms with Gasteiger partial charge in [0.25, 0.3) is 11.5 Å². The van der Waals surface area contributed by atoms with E-state index < -0.39 is 0 Å². The molecule has 1 aromatic heterocycles. The maximum absolute atomic E-state index is 13.2. The third-order valence-electron chi connectivity index (χ3n) is 6.75. The molecule has 0 unspecified atom stereocenters. The van der Waals surface area contributed by atoms with Crippen molar-refractivity contribution in [1.82, 2.24) is 9.88 Å². The molecule has 1 fully saturated rings. The van der Waals surface area contributed by atoms with Gasteiger partial charge < -0.3 is 19.4 Å². The monoisotopic (exact) mass is 446 g/mol. The van der Waals surface area contributed by atoms with Crippen LogP contribution in [0.25, 0.3) is 10.8 Å². The lowest BCUT2D eigenvalue weighted by molar-refractivity contribution is 0.0947. The van der Waals surface area contributed by atoms with Gasteiger partial charge in [0.05, 0.1) is 6.54 Å². The van der Waals surface area contributed by atoms with Crippen molar-refractivity contribution >= 4 is 16.7 Å². The van der Waals surface area contributed by atoms with Crippen molar-refractivity contribution in [3.63, 3.8) is 0 Å². The minimum atomic E-state index is -0.110. The molecule has 6 heteroatoms. The molecule has 1 saturated carbocycles. The number of rotatable bonds is 5. The highest BCUT2D eigenvalue weighted by atomic mass is 16.6. The minimum Gasteiger partial charge on any atom is -0.486 e. The highest BCUT2D eigenvalue weighted by molar-refractivity contribution is 6.06. The zero-order valence-corrected chi connectivity index (χ0v) is 18.8. The van der Waals surface area contributed by atoms with Crippen molar-refractivity contribution in [2.45, 2.75) is 45.1 Å². The van der Waals surface area contributed by atoms with Crippen LogP contribution in [0.3, 0.4) is 0 Å². The molecule has 1 aliphatic heterocycles. The number of benzene rings is 2. The summed E-state index contributed by atoms with van der Waals surface area (Å²) in [5.41, 5.74) is 1.41. The van der Waals surface area contributed by atoms with Gasteiger partial charge in [0, 0.05) is 29.1 Å². The molecule has 1 N–H and O–H groups in total. The Morgan fingerprint density at radius 1 is 0.939 bits per heavy atom. The lowest BCUT2D eigenvalue weighted by Gasteiger charge is -2.19. The average Bonchev–Trinajstić information content (AvgIpc) is 3.13. The third-order valence-corrected chi connectivity index (χ3v) is 6.75. The molecule has 0 bridgehead atoms. The summed E-state index contributed by atoms with van der Waals surface area (Å²) in [7, 11) is 0. The van der Waals surface area contributed by atoms with E-state index in [1.807, 2.05) is 24.3 Å². The van der Waals surface area contributed by atoms with E-state index in [4.69, 9.17) is 9.47 Å². The van der Waals surface area contributed by atoms with Gasteiger partial charge in [-0.25, -0.2) is 0 Å². The van der Waals surface area contributed by atoms with Crippen LogP contribution in [0, 0.1) is 5.92 Å². The average molecular weight is 447 g/mol. The molecule has 172 valence electrons. The second-order valence-electron chi connectivity index (χ2n) is 9.06. The van der Waals surface area contributed by atoms with Crippen LogP contribution < -0.4 is 20.3 Å². The standard InChI is InChI=1S/C27H30N2O4/c30-26(28-17-19-6-3-1-2-4-7-19)22-8-5-9-23-21(22)12-13-29(27(23)31)18-20-10-11-24-25(16-20)33-15-14-32-24/h5,8-13,16,19H,1-4,6-7,14-15,17-18H2,(H,28,30). The Morgan fingerprint density at radius 3 is 2.55 bits per heavy atom. The molecule has 0 atom stereocenters. The van der Waals surface area contributed by atoms with E-state index in [-0.39, 0.29) is 11.5 Å². The smallest absolute Gasteiger partial charge is 0.258 e. The van der Waals surface area contributed by atoms with E-state index in [1.54, 1.807) is 29.0 Å². The Labute approximate surface area is 193 Å². The fraction of sp³-hybridized carbons (Fsp3) is 0.407. The van der Waals surface area contributed by atoms with E-state index in [0.717, 1.165) is 11.3 Å². The van der Waals surface area contributed by atoms with E-state index >= 15 is 0 Å². The molecular formula is C27H30N2O4. The third kappa shape index (κ3) is 4.75.